The highest BCUT2D eigenvalue weighted by molar-refractivity contribution is 5.91. The SMILES string of the molecule is Cc1ccc(NC(=O)Cn2nc(N3CCN(c4ccc(F)cc4)CC3)ccc2=O)c(C)c1. The van der Waals surface area contributed by atoms with Crippen LogP contribution in [0.5, 0.6) is 0 Å². The number of anilines is 3. The molecule has 2 heterocycles. The maximum Gasteiger partial charge on any atom is 0.267 e. The molecule has 0 spiro atoms. The molecule has 3 aromatic rings. The van der Waals surface area contributed by atoms with Crippen molar-refractivity contribution in [3.8, 4) is 0 Å². The first kappa shape index (κ1) is 21.5. The van der Waals surface area contributed by atoms with Crippen molar-refractivity contribution in [1.29, 1.82) is 0 Å². The second kappa shape index (κ2) is 9.21. The van der Waals surface area contributed by atoms with Crippen LogP contribution in [0.15, 0.2) is 59.4 Å². The molecule has 1 aliphatic heterocycles. The van der Waals surface area contributed by atoms with Crippen LogP contribution in [0.2, 0.25) is 0 Å². The van der Waals surface area contributed by atoms with E-state index in [2.05, 4.69) is 20.2 Å². The molecule has 2 aromatic carbocycles. The summed E-state index contributed by atoms with van der Waals surface area (Å²) in [6.07, 6.45) is 0. The summed E-state index contributed by atoms with van der Waals surface area (Å²) in [5.41, 5.74) is 3.46. The lowest BCUT2D eigenvalue weighted by Crippen LogP contribution is -2.47. The first-order chi connectivity index (χ1) is 15.4. The second-order valence-corrected chi connectivity index (χ2v) is 8.00. The smallest absolute Gasteiger partial charge is 0.267 e. The van der Waals surface area contributed by atoms with Gasteiger partial charge in [0.2, 0.25) is 5.91 Å². The number of nitrogens with one attached hydrogen (secondary N) is 1. The fourth-order valence-corrected chi connectivity index (χ4v) is 3.85. The van der Waals surface area contributed by atoms with E-state index in [9.17, 15) is 14.0 Å². The highest BCUT2D eigenvalue weighted by Crippen LogP contribution is 2.19. The zero-order chi connectivity index (χ0) is 22.7. The molecular formula is C24H26FN5O2. The van der Waals surface area contributed by atoms with Gasteiger partial charge in [-0.25, -0.2) is 9.07 Å². The highest BCUT2D eigenvalue weighted by atomic mass is 19.1. The summed E-state index contributed by atoms with van der Waals surface area (Å²) in [7, 11) is 0. The van der Waals surface area contributed by atoms with Crippen molar-refractivity contribution in [2.45, 2.75) is 20.4 Å². The van der Waals surface area contributed by atoms with Gasteiger partial charge < -0.3 is 15.1 Å². The maximum atomic E-state index is 13.2. The van der Waals surface area contributed by atoms with E-state index in [1.165, 1.54) is 22.9 Å². The minimum atomic E-state index is -0.325. The first-order valence-corrected chi connectivity index (χ1v) is 10.6. The van der Waals surface area contributed by atoms with E-state index in [0.29, 0.717) is 18.9 Å². The van der Waals surface area contributed by atoms with Gasteiger partial charge >= 0.3 is 0 Å². The average Bonchev–Trinajstić information content (AvgIpc) is 2.78. The summed E-state index contributed by atoms with van der Waals surface area (Å²) in [6.45, 7) is 6.68. The topological polar surface area (TPSA) is 70.5 Å². The molecule has 1 aliphatic rings. The predicted octanol–water partition coefficient (Wildman–Crippen LogP) is 2.96. The van der Waals surface area contributed by atoms with Gasteiger partial charge in [-0.1, -0.05) is 17.7 Å². The number of benzene rings is 2. The van der Waals surface area contributed by atoms with E-state index in [-0.39, 0.29) is 23.8 Å². The van der Waals surface area contributed by atoms with Crippen LogP contribution in [-0.4, -0.2) is 41.9 Å². The molecule has 0 saturated carbocycles. The van der Waals surface area contributed by atoms with Crippen LogP contribution in [0.4, 0.5) is 21.6 Å². The number of piperazine rings is 1. The lowest BCUT2D eigenvalue weighted by Gasteiger charge is -2.36. The van der Waals surface area contributed by atoms with Crippen molar-refractivity contribution in [3.63, 3.8) is 0 Å². The van der Waals surface area contributed by atoms with Gasteiger partial charge in [-0.3, -0.25) is 9.59 Å². The van der Waals surface area contributed by atoms with E-state index < -0.39 is 0 Å². The average molecular weight is 436 g/mol. The minimum absolute atomic E-state index is 0.157. The fraction of sp³-hybridized carbons (Fsp3) is 0.292. The van der Waals surface area contributed by atoms with Gasteiger partial charge in [0.05, 0.1) is 0 Å². The molecule has 1 aromatic heterocycles. The molecular weight excluding hydrogens is 409 g/mol. The van der Waals surface area contributed by atoms with Crippen LogP contribution < -0.4 is 20.7 Å². The molecule has 1 N–H and O–H groups in total. The summed E-state index contributed by atoms with van der Waals surface area (Å²) in [5.74, 6) is 0.105. The van der Waals surface area contributed by atoms with Crippen molar-refractivity contribution in [3.05, 3.63) is 81.9 Å². The zero-order valence-corrected chi connectivity index (χ0v) is 18.2. The summed E-state index contributed by atoms with van der Waals surface area (Å²) in [6, 6.07) is 15.4. The van der Waals surface area contributed by atoms with Gasteiger partial charge in [-0.05, 0) is 55.8 Å². The van der Waals surface area contributed by atoms with Crippen LogP contribution in [0.3, 0.4) is 0 Å². The Kier molecular flexibility index (Phi) is 6.20. The lowest BCUT2D eigenvalue weighted by molar-refractivity contribution is -0.117. The number of carbonyl (C=O) groups is 1. The summed E-state index contributed by atoms with van der Waals surface area (Å²) in [4.78, 5) is 29.1. The molecule has 0 radical (unpaired) electrons. The van der Waals surface area contributed by atoms with Gasteiger partial charge in [0.15, 0.2) is 0 Å². The lowest BCUT2D eigenvalue weighted by atomic mass is 10.1. The van der Waals surface area contributed by atoms with Crippen molar-refractivity contribution in [2.75, 3.05) is 41.3 Å². The molecule has 0 unspecified atom stereocenters. The summed E-state index contributed by atoms with van der Waals surface area (Å²) >= 11 is 0. The number of halogens is 1. The Morgan fingerprint density at radius 3 is 2.34 bits per heavy atom. The van der Waals surface area contributed by atoms with Gasteiger partial charge in [-0.15, -0.1) is 0 Å². The predicted molar refractivity (Wildman–Crippen MR) is 124 cm³/mol. The maximum absolute atomic E-state index is 13.2. The van der Waals surface area contributed by atoms with Crippen LogP contribution >= 0.6 is 0 Å². The Hall–Kier alpha value is -3.68. The number of nitrogens with zero attached hydrogens (tertiary/aromatic N) is 4. The van der Waals surface area contributed by atoms with E-state index in [4.69, 9.17) is 0 Å². The molecule has 32 heavy (non-hydrogen) atoms. The van der Waals surface area contributed by atoms with Crippen molar-refractivity contribution in [2.24, 2.45) is 0 Å². The van der Waals surface area contributed by atoms with Crippen LogP contribution in [0.25, 0.3) is 0 Å². The number of hydrogen-bond acceptors (Lipinski definition) is 5. The molecule has 1 saturated heterocycles. The molecule has 0 bridgehead atoms. The van der Waals surface area contributed by atoms with Crippen LogP contribution in [-0.2, 0) is 11.3 Å². The third-order valence-corrected chi connectivity index (χ3v) is 5.60. The normalized spacial score (nSPS) is 13.8. The Morgan fingerprint density at radius 1 is 0.969 bits per heavy atom. The van der Waals surface area contributed by atoms with Gasteiger partial charge in [0.1, 0.15) is 18.2 Å². The quantitative estimate of drug-likeness (QED) is 0.667. The summed E-state index contributed by atoms with van der Waals surface area (Å²) in [5, 5.41) is 7.28. The van der Waals surface area contributed by atoms with Crippen molar-refractivity contribution >= 4 is 23.1 Å². The zero-order valence-electron chi connectivity index (χ0n) is 18.2. The van der Waals surface area contributed by atoms with E-state index in [0.717, 1.165) is 35.6 Å². The van der Waals surface area contributed by atoms with Gasteiger partial charge in [-0.2, -0.15) is 5.10 Å². The third kappa shape index (κ3) is 4.96. The van der Waals surface area contributed by atoms with E-state index in [1.807, 2.05) is 32.0 Å². The number of aryl methyl sites for hydroxylation is 2. The summed E-state index contributed by atoms with van der Waals surface area (Å²) < 4.78 is 14.4. The van der Waals surface area contributed by atoms with Gasteiger partial charge in [0, 0.05) is 43.6 Å². The molecule has 166 valence electrons. The molecule has 0 atom stereocenters. The van der Waals surface area contributed by atoms with E-state index >= 15 is 0 Å². The van der Waals surface area contributed by atoms with Crippen LogP contribution in [0.1, 0.15) is 11.1 Å². The van der Waals surface area contributed by atoms with Gasteiger partial charge in [0.25, 0.3) is 5.56 Å². The first-order valence-electron chi connectivity index (χ1n) is 10.6. The molecule has 0 aliphatic carbocycles. The monoisotopic (exact) mass is 435 g/mol. The second-order valence-electron chi connectivity index (χ2n) is 8.00. The largest absolute Gasteiger partial charge is 0.368 e. The number of carbonyl (C=O) groups excluding carboxylic acids is 1. The molecule has 1 fully saturated rings. The fourth-order valence-electron chi connectivity index (χ4n) is 3.85. The number of hydrogen-bond donors (Lipinski definition) is 1. The minimum Gasteiger partial charge on any atom is -0.368 e. The van der Waals surface area contributed by atoms with Crippen molar-refractivity contribution in [1.82, 2.24) is 9.78 Å². The Morgan fingerprint density at radius 2 is 1.66 bits per heavy atom. The Balaban J connectivity index is 1.41. The highest BCUT2D eigenvalue weighted by Gasteiger charge is 2.19. The number of rotatable bonds is 5. The van der Waals surface area contributed by atoms with Crippen molar-refractivity contribution < 1.29 is 9.18 Å². The third-order valence-electron chi connectivity index (χ3n) is 5.60. The Labute approximate surface area is 186 Å². The van der Waals surface area contributed by atoms with E-state index in [1.54, 1.807) is 18.2 Å². The van der Waals surface area contributed by atoms with Crippen LogP contribution in [0, 0.1) is 19.7 Å². The molecule has 4 rings (SSSR count). The molecule has 7 nitrogen and oxygen atoms in total. The molecule has 8 heteroatoms. The Bertz CT molecular complexity index is 1170. The number of amides is 1. The molecule has 1 amide bonds. The standard InChI is InChI=1S/C24H26FN5O2/c1-17-3-8-21(18(2)15-17)26-23(31)16-30-24(32)10-9-22(27-30)29-13-11-28(12-14-29)20-6-4-19(25)5-7-20/h3-10,15H,11-14,16H2,1-2H3,(H,26,31). The number of aromatic nitrogens is 2.